The van der Waals surface area contributed by atoms with Gasteiger partial charge in [-0.3, -0.25) is 4.79 Å². The second kappa shape index (κ2) is 27.8. The maximum atomic E-state index is 10.8. The van der Waals surface area contributed by atoms with Crippen LogP contribution < -0.4 is 4.74 Å². The number of aromatic carboxylic acids is 2. The van der Waals surface area contributed by atoms with E-state index < -0.39 is 77.5 Å². The van der Waals surface area contributed by atoms with Crippen LogP contribution in [0, 0.1) is 97.5 Å². The predicted molar refractivity (Wildman–Crippen MR) is 153 cm³/mol. The molecular weight excluding hydrogens is 1410 g/mol. The van der Waals surface area contributed by atoms with Crippen molar-refractivity contribution in [2.75, 3.05) is 7.11 Å². The number of carboxylic acids is 2. The first-order valence-corrected chi connectivity index (χ1v) is 16.8. The SMILES string of the molecule is COC(O)c1cc(C(=O)O)cc(C(O)O)c1.O=C(O)c1cc(C(O)O)cc(C2OOO2)c1.O=COc1cc(C(O)O)cc(C2OOO2)c1.[CH3-].[O]=[U]=[O].[U].[U]. The molecule has 292 valence electrons. The van der Waals surface area contributed by atoms with Crippen LogP contribution in [0.1, 0.15) is 91.8 Å². The van der Waals surface area contributed by atoms with E-state index in [0.717, 1.165) is 12.1 Å². The minimum atomic E-state index is -2.51. The second-order valence-corrected chi connectivity index (χ2v) is 10.1. The van der Waals surface area contributed by atoms with Crippen molar-refractivity contribution in [1.82, 2.24) is 0 Å². The molecule has 2 heterocycles. The van der Waals surface area contributed by atoms with E-state index in [1.807, 2.05) is 0 Å². The molecule has 1 unspecified atom stereocenters. The van der Waals surface area contributed by atoms with Crippen molar-refractivity contribution in [2.45, 2.75) is 37.7 Å². The van der Waals surface area contributed by atoms with Gasteiger partial charge in [-0.2, -0.15) is 19.6 Å². The van der Waals surface area contributed by atoms with Gasteiger partial charge in [0, 0.05) is 103 Å². The van der Waals surface area contributed by atoms with Gasteiger partial charge in [0.2, 0.25) is 0 Å². The first-order valence-electron chi connectivity index (χ1n) is 13.4. The second-order valence-electron chi connectivity index (χ2n) is 9.41. The molecule has 22 nitrogen and oxygen atoms in total. The fourth-order valence-corrected chi connectivity index (χ4v) is 3.75. The van der Waals surface area contributed by atoms with Crippen molar-refractivity contribution < 1.29 is 194 Å². The van der Waals surface area contributed by atoms with Gasteiger partial charge in [0.25, 0.3) is 19.1 Å². The molecule has 0 amide bonds. The number of hydrogen-bond donors (Lipinski definition) is 9. The number of aliphatic hydroxyl groups is 7. The van der Waals surface area contributed by atoms with Crippen LogP contribution in [-0.2, 0) is 43.6 Å². The molecule has 2 saturated heterocycles. The number of rotatable bonds is 11. The Bertz CT molecular complexity index is 1590. The summed E-state index contributed by atoms with van der Waals surface area (Å²) in [4.78, 5) is 49.8. The average Bonchev–Trinajstić information content (AvgIpc) is 3.03. The molecule has 0 aliphatic carbocycles. The quantitative estimate of drug-likeness (QED) is 0.0549. The van der Waals surface area contributed by atoms with Crippen molar-refractivity contribution >= 4 is 18.4 Å². The molecule has 25 heteroatoms. The molecule has 5 rings (SSSR count). The van der Waals surface area contributed by atoms with Gasteiger partial charge in [0.05, 0.1) is 11.1 Å². The van der Waals surface area contributed by atoms with Gasteiger partial charge in [-0.1, -0.05) is 10.1 Å². The van der Waals surface area contributed by atoms with Crippen molar-refractivity contribution in [3.63, 3.8) is 0 Å². The Labute approximate surface area is 366 Å². The van der Waals surface area contributed by atoms with Gasteiger partial charge in [0.1, 0.15) is 5.75 Å². The van der Waals surface area contributed by atoms with Crippen LogP contribution in [0.4, 0.5) is 0 Å². The third kappa shape index (κ3) is 17.6. The third-order valence-corrected chi connectivity index (χ3v) is 6.04. The van der Waals surface area contributed by atoms with Crippen LogP contribution in [0.3, 0.4) is 0 Å². The monoisotopic (exact) mass is 1450 g/mol. The minimum Gasteiger partial charge on any atom is 0 e. The number of benzene rings is 3. The summed E-state index contributed by atoms with van der Waals surface area (Å²) in [5.74, 6) is -2.27. The molecule has 0 radical (unpaired) electrons. The molecule has 3 aromatic carbocycles. The average molecular weight is 1450 g/mol. The van der Waals surface area contributed by atoms with Gasteiger partial charge in [-0.25, -0.2) is 9.59 Å². The largest absolute Gasteiger partial charge is 0 e. The van der Waals surface area contributed by atoms with E-state index >= 15 is 0 Å². The molecule has 1 atom stereocenters. The topological polar surface area (TPSA) is 341 Å². The van der Waals surface area contributed by atoms with E-state index in [1.165, 1.54) is 49.6 Å². The van der Waals surface area contributed by atoms with Gasteiger partial charge in [-0.05, 0) is 54.6 Å². The molecule has 9 N–H and O–H groups in total. The summed E-state index contributed by atoms with van der Waals surface area (Å²) in [6.07, 6.45) is -8.18. The number of methoxy groups -OCH3 is 1. The van der Waals surface area contributed by atoms with Gasteiger partial charge in [0.15, 0.2) is 25.2 Å². The van der Waals surface area contributed by atoms with Gasteiger partial charge in [-0.15, -0.1) is 0 Å². The number of carboxylic acid groups (broad SMARTS) is 2. The normalized spacial score (nSPS) is 13.5. The van der Waals surface area contributed by atoms with Crippen LogP contribution in [0.2, 0.25) is 0 Å². The van der Waals surface area contributed by atoms with Crippen LogP contribution in [-0.4, -0.2) is 71.5 Å². The first kappa shape index (κ1) is 54.4. The molecule has 54 heavy (non-hydrogen) atoms. The fourth-order valence-electron chi connectivity index (χ4n) is 3.75. The number of ether oxygens (including phenoxy) is 2. The zero-order valence-electron chi connectivity index (χ0n) is 27.6. The molecule has 2 aliphatic heterocycles. The van der Waals surface area contributed by atoms with Gasteiger partial charge < -0.3 is 62.9 Å². The number of hydrogen-bond acceptors (Lipinski definition) is 20. The molecule has 0 spiro atoms. The summed E-state index contributed by atoms with van der Waals surface area (Å²) in [7, 11) is 1.24. The Morgan fingerprint density at radius 1 is 0.648 bits per heavy atom. The summed E-state index contributed by atoms with van der Waals surface area (Å²) >= 11 is -2.51. The summed E-state index contributed by atoms with van der Waals surface area (Å²) in [5, 5.41) is 88.9. The zero-order valence-corrected chi connectivity index (χ0v) is 40.1. The standard InChI is InChI=1S/C10H12O6.2C9H8O7.CH3.2O.3U/c1-16-10(15)7-3-5(8(11)12)2-6(4-7)9(13)14;10-4-13-7-2-5(8(11)12)1-6(3-7)9-14-16-15-9;10-7(11)4-1-5(8(12)13)3-6(2-4)9-14-16-15-9;;;;;;/h2-4,8,10-12,15H,1H3,(H,13,14);1-4,8-9,11-12H;1-3,7,9-11H,(H,12,13);1H3;;;;;/q;;;-1;;;;;. The third-order valence-electron chi connectivity index (χ3n) is 6.04. The molecule has 0 saturated carbocycles. The first-order chi connectivity index (χ1) is 24.1. The zero-order chi connectivity index (χ0) is 38.2. The van der Waals surface area contributed by atoms with Crippen LogP contribution in [0.25, 0.3) is 0 Å². The molecule has 0 bridgehead atoms. The van der Waals surface area contributed by atoms with E-state index in [9.17, 15) is 19.5 Å². The van der Waals surface area contributed by atoms with E-state index in [4.69, 9.17) is 45.3 Å². The Kier molecular flexibility index (Phi) is 28.0. The van der Waals surface area contributed by atoms with Gasteiger partial charge >= 0.3 is 44.2 Å². The van der Waals surface area contributed by atoms with E-state index in [0.29, 0.717) is 11.1 Å². The maximum absolute atomic E-state index is 10.8. The van der Waals surface area contributed by atoms with Crippen molar-refractivity contribution in [1.29, 1.82) is 0 Å². The summed E-state index contributed by atoms with van der Waals surface area (Å²) in [6, 6.07) is 11.5. The summed E-state index contributed by atoms with van der Waals surface area (Å²) < 4.78 is 26.4. The Hall–Kier alpha value is -1.73. The number of carbonyl (C=O) groups is 3. The molecular formula is C29H31O22U3-. The maximum Gasteiger partial charge on any atom is 0 e. The fraction of sp³-hybridized carbons (Fsp3) is 0.241. The van der Waals surface area contributed by atoms with Crippen molar-refractivity contribution in [3.05, 3.63) is 107 Å². The number of aliphatic hydroxyl groups excluding tert-OH is 4. The molecule has 2 aliphatic rings. The summed E-state index contributed by atoms with van der Waals surface area (Å²) in [6.45, 7) is 0.228. The molecule has 0 aromatic heterocycles. The van der Waals surface area contributed by atoms with Crippen molar-refractivity contribution in [3.8, 4) is 5.75 Å². The smallest absolute Gasteiger partial charge is 0 e. The van der Waals surface area contributed by atoms with E-state index in [2.05, 4.69) is 39.1 Å². The molecule has 2 fully saturated rings. The Morgan fingerprint density at radius 2 is 1.02 bits per heavy atom. The van der Waals surface area contributed by atoms with E-state index in [1.54, 1.807) is 0 Å². The Morgan fingerprint density at radius 3 is 1.37 bits per heavy atom. The Balaban J connectivity index is 0. The molecule has 3 aromatic rings. The van der Waals surface area contributed by atoms with E-state index in [-0.39, 0.29) is 115 Å². The summed E-state index contributed by atoms with van der Waals surface area (Å²) in [5.41, 5.74) is 0.818. The minimum absolute atomic E-state index is 0. The number of carbonyl (C=O) groups excluding carboxylic acids is 1. The predicted octanol–water partition coefficient (Wildman–Crippen LogP) is 0.575. The van der Waals surface area contributed by atoms with Crippen LogP contribution in [0.15, 0.2) is 54.6 Å². The van der Waals surface area contributed by atoms with Crippen molar-refractivity contribution in [2.24, 2.45) is 0 Å². The van der Waals surface area contributed by atoms with Crippen LogP contribution in [0.5, 0.6) is 5.75 Å². The van der Waals surface area contributed by atoms with Crippen LogP contribution >= 0.6 is 0 Å².